The first-order valence-electron chi connectivity index (χ1n) is 5.44. The molecular weight excluding hydrogens is 146 g/mol. The van der Waals surface area contributed by atoms with E-state index in [0.29, 0.717) is 0 Å². The molecule has 0 unspecified atom stereocenters. The second-order valence-electron chi connectivity index (χ2n) is 4.60. The van der Waals surface area contributed by atoms with Crippen molar-refractivity contribution in [2.75, 3.05) is 19.6 Å². The highest BCUT2D eigenvalue weighted by molar-refractivity contribution is 4.77. The molecule has 0 aromatic heterocycles. The van der Waals surface area contributed by atoms with Gasteiger partial charge >= 0.3 is 0 Å². The molecule has 0 aromatic carbocycles. The smallest absolute Gasteiger partial charge is 0.000977 e. The molecular formula is C11H23N. The third kappa shape index (κ3) is 4.10. The van der Waals surface area contributed by atoms with Crippen molar-refractivity contribution in [3.05, 3.63) is 0 Å². The van der Waals surface area contributed by atoms with Crippen LogP contribution in [0.5, 0.6) is 0 Å². The Labute approximate surface area is 77.1 Å². The van der Waals surface area contributed by atoms with Crippen molar-refractivity contribution in [1.29, 1.82) is 0 Å². The normalized spacial score (nSPS) is 17.8. The topological polar surface area (TPSA) is 3.24 Å². The van der Waals surface area contributed by atoms with Crippen molar-refractivity contribution in [1.82, 2.24) is 4.90 Å². The SMILES string of the molecule is CCCN(CC(C)C)CC1CC1. The first-order chi connectivity index (χ1) is 5.72. The summed E-state index contributed by atoms with van der Waals surface area (Å²) in [6.07, 6.45) is 4.27. The first-order valence-corrected chi connectivity index (χ1v) is 5.44. The van der Waals surface area contributed by atoms with E-state index in [9.17, 15) is 0 Å². The van der Waals surface area contributed by atoms with Crippen LogP contribution in [-0.2, 0) is 0 Å². The Morgan fingerprint density at radius 2 is 2.00 bits per heavy atom. The summed E-state index contributed by atoms with van der Waals surface area (Å²) in [6, 6.07) is 0. The Morgan fingerprint density at radius 1 is 1.33 bits per heavy atom. The molecule has 0 radical (unpaired) electrons. The van der Waals surface area contributed by atoms with E-state index < -0.39 is 0 Å². The minimum Gasteiger partial charge on any atom is -0.303 e. The summed E-state index contributed by atoms with van der Waals surface area (Å²) >= 11 is 0. The van der Waals surface area contributed by atoms with Crippen molar-refractivity contribution < 1.29 is 0 Å². The second kappa shape index (κ2) is 4.86. The highest BCUT2D eigenvalue weighted by Crippen LogP contribution is 2.29. The highest BCUT2D eigenvalue weighted by Gasteiger charge is 2.23. The average molecular weight is 169 g/mol. The predicted octanol–water partition coefficient (Wildman–Crippen LogP) is 2.76. The number of hydrogen-bond donors (Lipinski definition) is 0. The van der Waals surface area contributed by atoms with Gasteiger partial charge in [-0.2, -0.15) is 0 Å². The van der Waals surface area contributed by atoms with Gasteiger partial charge in [0.2, 0.25) is 0 Å². The third-order valence-corrected chi connectivity index (χ3v) is 2.38. The van der Waals surface area contributed by atoms with Crippen molar-refractivity contribution in [2.45, 2.75) is 40.0 Å². The maximum atomic E-state index is 2.64. The number of hydrogen-bond acceptors (Lipinski definition) is 1. The van der Waals surface area contributed by atoms with E-state index in [1.807, 2.05) is 0 Å². The Balaban J connectivity index is 2.16. The fourth-order valence-corrected chi connectivity index (χ4v) is 1.76. The van der Waals surface area contributed by atoms with Crippen LogP contribution in [0.3, 0.4) is 0 Å². The van der Waals surface area contributed by atoms with Gasteiger partial charge in [-0.05, 0) is 37.6 Å². The molecule has 12 heavy (non-hydrogen) atoms. The Morgan fingerprint density at radius 3 is 2.42 bits per heavy atom. The van der Waals surface area contributed by atoms with Crippen LogP contribution in [0, 0.1) is 11.8 Å². The molecule has 1 aliphatic rings. The fourth-order valence-electron chi connectivity index (χ4n) is 1.76. The van der Waals surface area contributed by atoms with Crippen molar-refractivity contribution in [2.24, 2.45) is 11.8 Å². The third-order valence-electron chi connectivity index (χ3n) is 2.38. The lowest BCUT2D eigenvalue weighted by atomic mass is 10.2. The monoisotopic (exact) mass is 169 g/mol. The van der Waals surface area contributed by atoms with Gasteiger partial charge < -0.3 is 4.90 Å². The van der Waals surface area contributed by atoms with Gasteiger partial charge in [0, 0.05) is 13.1 Å². The van der Waals surface area contributed by atoms with Crippen molar-refractivity contribution in [3.8, 4) is 0 Å². The van der Waals surface area contributed by atoms with Gasteiger partial charge in [0.05, 0.1) is 0 Å². The van der Waals surface area contributed by atoms with Crippen LogP contribution in [0.2, 0.25) is 0 Å². The zero-order chi connectivity index (χ0) is 8.97. The lowest BCUT2D eigenvalue weighted by Gasteiger charge is -2.23. The van der Waals surface area contributed by atoms with Gasteiger partial charge in [-0.1, -0.05) is 20.8 Å². The average Bonchev–Trinajstić information content (AvgIpc) is 2.70. The molecule has 0 spiro atoms. The Kier molecular flexibility index (Phi) is 4.07. The summed E-state index contributed by atoms with van der Waals surface area (Å²) in [5.41, 5.74) is 0. The molecule has 72 valence electrons. The zero-order valence-electron chi connectivity index (χ0n) is 8.84. The molecule has 0 N–H and O–H groups in total. The van der Waals surface area contributed by atoms with Gasteiger partial charge in [0.1, 0.15) is 0 Å². The van der Waals surface area contributed by atoms with Gasteiger partial charge in [-0.15, -0.1) is 0 Å². The molecule has 0 bridgehead atoms. The standard InChI is InChI=1S/C11H23N/c1-4-7-12(8-10(2)3)9-11-5-6-11/h10-11H,4-9H2,1-3H3. The van der Waals surface area contributed by atoms with Crippen LogP contribution in [0.25, 0.3) is 0 Å². The van der Waals surface area contributed by atoms with E-state index in [1.54, 1.807) is 0 Å². The maximum Gasteiger partial charge on any atom is 0.000977 e. The van der Waals surface area contributed by atoms with Crippen LogP contribution in [-0.4, -0.2) is 24.5 Å². The minimum absolute atomic E-state index is 0.829. The number of rotatable bonds is 6. The van der Waals surface area contributed by atoms with Crippen molar-refractivity contribution >= 4 is 0 Å². The molecule has 0 saturated heterocycles. The summed E-state index contributed by atoms with van der Waals surface area (Å²) in [5.74, 6) is 1.88. The molecule has 1 heteroatoms. The van der Waals surface area contributed by atoms with E-state index >= 15 is 0 Å². The molecule has 1 nitrogen and oxygen atoms in total. The van der Waals surface area contributed by atoms with Crippen molar-refractivity contribution in [3.63, 3.8) is 0 Å². The van der Waals surface area contributed by atoms with E-state index in [1.165, 1.54) is 38.9 Å². The molecule has 1 saturated carbocycles. The summed E-state index contributed by atoms with van der Waals surface area (Å²) in [5, 5.41) is 0. The Bertz CT molecular complexity index is 112. The Hall–Kier alpha value is -0.0400. The van der Waals surface area contributed by atoms with Gasteiger partial charge in [-0.3, -0.25) is 0 Å². The summed E-state index contributed by atoms with van der Waals surface area (Å²) in [6.45, 7) is 10.9. The van der Waals surface area contributed by atoms with Crippen LogP contribution in [0.15, 0.2) is 0 Å². The number of nitrogens with zero attached hydrogens (tertiary/aromatic N) is 1. The van der Waals surface area contributed by atoms with Crippen LogP contribution in [0.4, 0.5) is 0 Å². The summed E-state index contributed by atoms with van der Waals surface area (Å²) in [4.78, 5) is 2.64. The molecule has 0 aromatic rings. The molecule has 0 heterocycles. The van der Waals surface area contributed by atoms with Crippen LogP contribution >= 0.6 is 0 Å². The molecule has 1 fully saturated rings. The second-order valence-corrected chi connectivity index (χ2v) is 4.60. The lowest BCUT2D eigenvalue weighted by molar-refractivity contribution is 0.235. The van der Waals surface area contributed by atoms with Gasteiger partial charge in [-0.25, -0.2) is 0 Å². The fraction of sp³-hybridized carbons (Fsp3) is 1.00. The molecule has 0 atom stereocenters. The maximum absolute atomic E-state index is 2.64. The highest BCUT2D eigenvalue weighted by atomic mass is 15.1. The van der Waals surface area contributed by atoms with E-state index in [-0.39, 0.29) is 0 Å². The summed E-state index contributed by atoms with van der Waals surface area (Å²) < 4.78 is 0. The lowest BCUT2D eigenvalue weighted by Crippen LogP contribution is -2.30. The summed E-state index contributed by atoms with van der Waals surface area (Å²) in [7, 11) is 0. The molecule has 0 aliphatic heterocycles. The largest absolute Gasteiger partial charge is 0.303 e. The van der Waals surface area contributed by atoms with Crippen LogP contribution in [0.1, 0.15) is 40.0 Å². The van der Waals surface area contributed by atoms with Gasteiger partial charge in [0.15, 0.2) is 0 Å². The molecule has 0 amide bonds. The predicted molar refractivity (Wildman–Crippen MR) is 54.3 cm³/mol. The minimum atomic E-state index is 0.829. The molecule has 1 rings (SSSR count). The van der Waals surface area contributed by atoms with E-state index in [0.717, 1.165) is 11.8 Å². The van der Waals surface area contributed by atoms with E-state index in [4.69, 9.17) is 0 Å². The quantitative estimate of drug-likeness (QED) is 0.591. The van der Waals surface area contributed by atoms with Crippen LogP contribution < -0.4 is 0 Å². The van der Waals surface area contributed by atoms with Gasteiger partial charge in [0.25, 0.3) is 0 Å². The van der Waals surface area contributed by atoms with E-state index in [2.05, 4.69) is 25.7 Å². The molecule has 1 aliphatic carbocycles. The zero-order valence-corrected chi connectivity index (χ0v) is 8.84. The first kappa shape index (κ1) is 10.0.